The number of fused-ring (bicyclic) bond motifs is 1. The van der Waals surface area contributed by atoms with Crippen molar-refractivity contribution in [2.24, 2.45) is 0 Å². The number of benzene rings is 2. The first kappa shape index (κ1) is 15.6. The summed E-state index contributed by atoms with van der Waals surface area (Å²) in [6, 6.07) is 9.54. The molecule has 0 amide bonds. The van der Waals surface area contributed by atoms with Gasteiger partial charge in [-0.05, 0) is 47.7 Å². The van der Waals surface area contributed by atoms with Crippen molar-refractivity contribution in [2.75, 3.05) is 0 Å². The van der Waals surface area contributed by atoms with E-state index in [1.165, 1.54) is 23.3 Å². The summed E-state index contributed by atoms with van der Waals surface area (Å²) in [5.74, 6) is -1.08. The van der Waals surface area contributed by atoms with E-state index in [2.05, 4.69) is 32.2 Å². The molecule has 2 aromatic rings. The lowest BCUT2D eigenvalue weighted by atomic mass is 9.97. The minimum Gasteiger partial charge on any atom is -0.207 e. The topological polar surface area (TPSA) is 0 Å². The van der Waals surface area contributed by atoms with Crippen LogP contribution in [0.3, 0.4) is 0 Å². The summed E-state index contributed by atoms with van der Waals surface area (Å²) in [5.41, 5.74) is 5.06. The molecule has 0 N–H and O–H groups in total. The molecule has 0 spiro atoms. The molecule has 3 heteroatoms. The van der Waals surface area contributed by atoms with Gasteiger partial charge in [-0.3, -0.25) is 0 Å². The fraction of sp³-hybridized carbons (Fsp3) is 0.222. The summed E-state index contributed by atoms with van der Waals surface area (Å²) < 4.78 is 26.6. The average Bonchev–Trinajstić information content (AvgIpc) is 2.78. The predicted molar refractivity (Wildman–Crippen MR) is 89.4 cm³/mol. The van der Waals surface area contributed by atoms with Gasteiger partial charge in [0.05, 0.1) is 0 Å². The van der Waals surface area contributed by atoms with Crippen LogP contribution in [0.1, 0.15) is 18.1 Å². The highest BCUT2D eigenvalue weighted by molar-refractivity contribution is 6.31. The van der Waals surface area contributed by atoms with Crippen molar-refractivity contribution in [1.29, 1.82) is 0 Å². The van der Waals surface area contributed by atoms with E-state index in [1.807, 2.05) is 12.1 Å². The Morgan fingerprint density at radius 2 is 1.62 bits per heavy atom. The predicted octanol–water partition coefficient (Wildman–Crippen LogP) is 4.84. The lowest BCUT2D eigenvalue weighted by Gasteiger charge is -2.08. The second-order valence-corrected chi connectivity index (χ2v) is 6.83. The third kappa shape index (κ3) is 3.67. The Balaban J connectivity index is 0.000000497. The molecule has 0 atom stereocenters. The maximum atomic E-state index is 13.3. The van der Waals surface area contributed by atoms with Crippen LogP contribution in [0.15, 0.2) is 42.0 Å². The summed E-state index contributed by atoms with van der Waals surface area (Å²) in [7, 11) is 0.417. The lowest BCUT2D eigenvalue weighted by molar-refractivity contribution is 0.584. The number of hydrogen-bond acceptors (Lipinski definition) is 0. The SMILES string of the molecule is CC1=Cc2c(cccc2-c2cc(F)cc(F)c2)C1.C[SiH2]C. The lowest BCUT2D eigenvalue weighted by Crippen LogP contribution is -1.89. The Labute approximate surface area is 127 Å². The Hall–Kier alpha value is -1.74. The normalized spacial score (nSPS) is 12.3. The molecule has 0 aromatic heterocycles. The second kappa shape index (κ2) is 6.81. The van der Waals surface area contributed by atoms with Crippen molar-refractivity contribution in [3.05, 3.63) is 64.7 Å². The Morgan fingerprint density at radius 3 is 2.24 bits per heavy atom. The molecular weight excluding hydrogens is 282 g/mol. The molecule has 0 heterocycles. The van der Waals surface area contributed by atoms with Crippen LogP contribution in [0.2, 0.25) is 13.1 Å². The van der Waals surface area contributed by atoms with Crippen LogP contribution in [0.4, 0.5) is 8.78 Å². The van der Waals surface area contributed by atoms with Gasteiger partial charge in [-0.15, -0.1) is 0 Å². The highest BCUT2D eigenvalue weighted by atomic mass is 28.2. The smallest absolute Gasteiger partial charge is 0.126 e. The van der Waals surface area contributed by atoms with Crippen molar-refractivity contribution in [3.8, 4) is 11.1 Å². The van der Waals surface area contributed by atoms with Gasteiger partial charge in [-0.25, -0.2) is 8.78 Å². The van der Waals surface area contributed by atoms with Gasteiger partial charge in [-0.1, -0.05) is 42.9 Å². The first-order valence-corrected chi connectivity index (χ1v) is 10.1. The zero-order valence-electron chi connectivity index (χ0n) is 12.7. The van der Waals surface area contributed by atoms with Crippen LogP contribution in [-0.2, 0) is 6.42 Å². The highest BCUT2D eigenvalue weighted by Gasteiger charge is 2.15. The molecule has 1 aliphatic rings. The van der Waals surface area contributed by atoms with Gasteiger partial charge in [0.2, 0.25) is 0 Å². The minimum absolute atomic E-state index is 0.417. The number of hydrogen-bond donors (Lipinski definition) is 0. The summed E-state index contributed by atoms with van der Waals surface area (Å²) in [6.45, 7) is 6.59. The largest absolute Gasteiger partial charge is 0.207 e. The average molecular weight is 302 g/mol. The molecule has 2 aromatic carbocycles. The van der Waals surface area contributed by atoms with Crippen LogP contribution in [-0.4, -0.2) is 9.52 Å². The molecule has 0 saturated carbocycles. The van der Waals surface area contributed by atoms with Crippen molar-refractivity contribution < 1.29 is 8.78 Å². The Morgan fingerprint density at radius 1 is 1.00 bits per heavy atom. The van der Waals surface area contributed by atoms with Crippen LogP contribution in [0.25, 0.3) is 17.2 Å². The van der Waals surface area contributed by atoms with Crippen LogP contribution in [0.5, 0.6) is 0 Å². The molecule has 3 rings (SSSR count). The van der Waals surface area contributed by atoms with E-state index in [9.17, 15) is 8.78 Å². The molecule has 21 heavy (non-hydrogen) atoms. The van der Waals surface area contributed by atoms with Crippen molar-refractivity contribution >= 4 is 15.6 Å². The van der Waals surface area contributed by atoms with Gasteiger partial charge in [0, 0.05) is 15.6 Å². The number of halogens is 2. The molecule has 0 fully saturated rings. The van der Waals surface area contributed by atoms with Gasteiger partial charge >= 0.3 is 0 Å². The van der Waals surface area contributed by atoms with Gasteiger partial charge in [-0.2, -0.15) is 0 Å². The minimum atomic E-state index is -0.540. The monoisotopic (exact) mass is 302 g/mol. The van der Waals surface area contributed by atoms with E-state index < -0.39 is 11.6 Å². The molecule has 0 saturated heterocycles. The van der Waals surface area contributed by atoms with Gasteiger partial charge < -0.3 is 0 Å². The van der Waals surface area contributed by atoms with Crippen LogP contribution in [0, 0.1) is 11.6 Å². The second-order valence-electron chi connectivity index (χ2n) is 5.41. The third-order valence-corrected chi connectivity index (χ3v) is 3.23. The quantitative estimate of drug-likeness (QED) is 0.661. The number of allylic oxidation sites excluding steroid dienone is 1. The maximum Gasteiger partial charge on any atom is 0.126 e. The Kier molecular flexibility index (Phi) is 5.07. The van der Waals surface area contributed by atoms with E-state index in [4.69, 9.17) is 0 Å². The molecule has 0 bridgehead atoms. The Bertz CT molecular complexity index is 655. The maximum absolute atomic E-state index is 13.3. The molecule has 0 nitrogen and oxygen atoms in total. The van der Waals surface area contributed by atoms with Crippen LogP contribution < -0.4 is 0 Å². The van der Waals surface area contributed by atoms with E-state index in [0.29, 0.717) is 15.1 Å². The summed E-state index contributed by atoms with van der Waals surface area (Å²) in [5, 5.41) is 0. The van der Waals surface area contributed by atoms with Crippen molar-refractivity contribution in [1.82, 2.24) is 0 Å². The van der Waals surface area contributed by atoms with Gasteiger partial charge in [0.25, 0.3) is 0 Å². The zero-order valence-corrected chi connectivity index (χ0v) is 14.1. The standard InChI is InChI=1S/C16H12F2.C2H8Si/c1-10-5-11-3-2-4-15(16(11)6-10)12-7-13(17)9-14(18)8-12;1-3-2/h2-4,6-9H,5H2,1H3;3H2,1-2H3. The van der Waals surface area contributed by atoms with Crippen LogP contribution >= 0.6 is 0 Å². The van der Waals surface area contributed by atoms with Crippen molar-refractivity contribution in [3.63, 3.8) is 0 Å². The fourth-order valence-corrected chi connectivity index (χ4v) is 2.50. The summed E-state index contributed by atoms with van der Waals surface area (Å²) in [6.07, 6.45) is 3.01. The molecule has 1 aliphatic carbocycles. The number of rotatable bonds is 1. The zero-order chi connectivity index (χ0) is 15.4. The summed E-state index contributed by atoms with van der Waals surface area (Å²) in [4.78, 5) is 0. The third-order valence-electron chi connectivity index (χ3n) is 3.23. The first-order valence-electron chi connectivity index (χ1n) is 7.30. The van der Waals surface area contributed by atoms with Crippen molar-refractivity contribution in [2.45, 2.75) is 26.4 Å². The van der Waals surface area contributed by atoms with Gasteiger partial charge in [0.15, 0.2) is 0 Å². The first-order chi connectivity index (χ1) is 10.0. The fourth-order valence-electron chi connectivity index (χ4n) is 2.50. The molecule has 0 unspecified atom stereocenters. The highest BCUT2D eigenvalue weighted by Crippen LogP contribution is 2.34. The molecule has 0 radical (unpaired) electrons. The van der Waals surface area contributed by atoms with E-state index in [-0.39, 0.29) is 0 Å². The molecule has 0 aliphatic heterocycles. The van der Waals surface area contributed by atoms with E-state index >= 15 is 0 Å². The van der Waals surface area contributed by atoms with Gasteiger partial charge in [0.1, 0.15) is 11.6 Å². The molecular formula is C18H20F2Si. The van der Waals surface area contributed by atoms with E-state index in [0.717, 1.165) is 23.6 Å². The summed E-state index contributed by atoms with van der Waals surface area (Å²) >= 11 is 0. The van der Waals surface area contributed by atoms with E-state index in [1.54, 1.807) is 0 Å². The molecule has 110 valence electrons.